The van der Waals surface area contributed by atoms with Gasteiger partial charge in [0.1, 0.15) is 5.82 Å². The molecule has 3 rings (SSSR count). The zero-order chi connectivity index (χ0) is 15.7. The molecule has 0 saturated carbocycles. The number of aliphatic carboxylic acids is 1. The van der Waals surface area contributed by atoms with Crippen LogP contribution in [0.1, 0.15) is 12.0 Å². The van der Waals surface area contributed by atoms with E-state index in [-0.39, 0.29) is 6.54 Å². The third-order valence-electron chi connectivity index (χ3n) is 3.66. The van der Waals surface area contributed by atoms with E-state index in [1.54, 1.807) is 23.9 Å². The maximum absolute atomic E-state index is 14.3. The molecule has 2 heterocycles. The number of amides is 1. The number of benzene rings is 1. The predicted octanol–water partition coefficient (Wildman–Crippen LogP) is 2.76. The summed E-state index contributed by atoms with van der Waals surface area (Å²) >= 11 is 1.80. The van der Waals surface area contributed by atoms with Gasteiger partial charge in [0, 0.05) is 11.3 Å². The molecule has 0 radical (unpaired) electrons. The molecule has 22 heavy (non-hydrogen) atoms. The smallest absolute Gasteiger partial charge is 0.415 e. The van der Waals surface area contributed by atoms with Gasteiger partial charge in [0.05, 0.1) is 12.2 Å². The Balaban J connectivity index is 1.84. The number of allylic oxidation sites excluding steroid dienone is 1. The number of anilines is 1. The molecule has 1 fully saturated rings. The fraction of sp³-hybridized carbons (Fsp3) is 0.333. The van der Waals surface area contributed by atoms with E-state index in [4.69, 9.17) is 9.84 Å². The average Bonchev–Trinajstić information content (AvgIpc) is 2.90. The number of hydrogen-bond donors (Lipinski definition) is 1. The number of carbonyl (C=O) groups is 2. The minimum Gasteiger partial charge on any atom is -0.478 e. The van der Waals surface area contributed by atoms with Crippen LogP contribution in [0.4, 0.5) is 14.9 Å². The van der Waals surface area contributed by atoms with Crippen LogP contribution in [0.3, 0.4) is 0 Å². The van der Waals surface area contributed by atoms with E-state index < -0.39 is 24.0 Å². The number of hydrogen-bond acceptors (Lipinski definition) is 4. The summed E-state index contributed by atoms with van der Waals surface area (Å²) in [6.45, 7) is -0.119. The largest absolute Gasteiger partial charge is 0.478 e. The molecule has 1 N–H and O–H groups in total. The van der Waals surface area contributed by atoms with Crippen LogP contribution in [0.15, 0.2) is 24.3 Å². The van der Waals surface area contributed by atoms with Crippen molar-refractivity contribution in [2.45, 2.75) is 12.5 Å². The minimum atomic E-state index is -1.21. The number of nitrogens with zero attached hydrogens (tertiary/aromatic N) is 1. The lowest BCUT2D eigenvalue weighted by Gasteiger charge is -2.17. The topological polar surface area (TPSA) is 66.8 Å². The summed E-state index contributed by atoms with van der Waals surface area (Å²) in [5, 5.41) is 8.88. The van der Waals surface area contributed by atoms with Crippen molar-refractivity contribution in [3.8, 4) is 0 Å². The Hall–Kier alpha value is -2.02. The van der Waals surface area contributed by atoms with Crippen molar-refractivity contribution in [3.05, 3.63) is 35.7 Å². The second kappa shape index (κ2) is 6.00. The number of ether oxygens (including phenoxy) is 1. The highest BCUT2D eigenvalue weighted by molar-refractivity contribution is 7.99. The molecule has 0 aromatic heterocycles. The first-order valence-electron chi connectivity index (χ1n) is 6.84. The van der Waals surface area contributed by atoms with Crippen molar-refractivity contribution in [1.82, 2.24) is 0 Å². The number of thioether (sulfide) groups is 1. The fourth-order valence-electron chi connectivity index (χ4n) is 2.51. The monoisotopic (exact) mass is 323 g/mol. The highest BCUT2D eigenvalue weighted by atomic mass is 32.2. The van der Waals surface area contributed by atoms with E-state index in [0.717, 1.165) is 28.4 Å². The summed E-state index contributed by atoms with van der Waals surface area (Å²) in [6.07, 6.45) is 0.839. The van der Waals surface area contributed by atoms with Gasteiger partial charge in [-0.25, -0.2) is 14.0 Å². The molecule has 5 nitrogen and oxygen atoms in total. The van der Waals surface area contributed by atoms with E-state index >= 15 is 0 Å². The van der Waals surface area contributed by atoms with Gasteiger partial charge < -0.3 is 9.84 Å². The zero-order valence-electron chi connectivity index (χ0n) is 11.6. The number of carboxylic acid groups (broad SMARTS) is 1. The molecule has 2 aliphatic heterocycles. The van der Waals surface area contributed by atoms with Gasteiger partial charge in [0.2, 0.25) is 6.10 Å². The summed E-state index contributed by atoms with van der Waals surface area (Å²) < 4.78 is 19.1. The minimum absolute atomic E-state index is 0.119. The van der Waals surface area contributed by atoms with E-state index in [2.05, 4.69) is 0 Å². The third-order valence-corrected chi connectivity index (χ3v) is 4.56. The highest BCUT2D eigenvalue weighted by Crippen LogP contribution is 2.31. The Bertz CT molecular complexity index is 661. The van der Waals surface area contributed by atoms with Crippen LogP contribution in [-0.4, -0.2) is 41.3 Å². The molecule has 0 bridgehead atoms. The van der Waals surface area contributed by atoms with Gasteiger partial charge in [0.15, 0.2) is 0 Å². The van der Waals surface area contributed by atoms with Crippen molar-refractivity contribution < 1.29 is 23.8 Å². The van der Waals surface area contributed by atoms with Crippen molar-refractivity contribution in [1.29, 1.82) is 0 Å². The number of carboxylic acids is 1. The van der Waals surface area contributed by atoms with Crippen LogP contribution in [0.25, 0.3) is 5.57 Å². The van der Waals surface area contributed by atoms with Gasteiger partial charge in [-0.3, -0.25) is 4.90 Å². The molecule has 2 aliphatic rings. The summed E-state index contributed by atoms with van der Waals surface area (Å²) in [5.41, 5.74) is 1.81. The molecular weight excluding hydrogens is 309 g/mol. The lowest BCUT2D eigenvalue weighted by Crippen LogP contribution is -2.27. The van der Waals surface area contributed by atoms with E-state index in [1.165, 1.54) is 6.07 Å². The normalized spacial score (nSPS) is 21.5. The van der Waals surface area contributed by atoms with E-state index in [9.17, 15) is 14.0 Å². The van der Waals surface area contributed by atoms with Crippen LogP contribution in [0, 0.1) is 5.82 Å². The molecule has 1 amide bonds. The Morgan fingerprint density at radius 1 is 1.45 bits per heavy atom. The lowest BCUT2D eigenvalue weighted by atomic mass is 10.0. The Labute approximate surface area is 130 Å². The van der Waals surface area contributed by atoms with E-state index in [1.807, 2.05) is 6.08 Å². The fourth-order valence-corrected chi connectivity index (χ4v) is 3.36. The van der Waals surface area contributed by atoms with Crippen molar-refractivity contribution >= 4 is 35.1 Å². The van der Waals surface area contributed by atoms with Crippen molar-refractivity contribution in [3.63, 3.8) is 0 Å². The molecule has 1 aromatic carbocycles. The average molecular weight is 323 g/mol. The number of cyclic esters (lactones) is 1. The van der Waals surface area contributed by atoms with Gasteiger partial charge in [-0.05, 0) is 35.9 Å². The second-order valence-electron chi connectivity index (χ2n) is 5.04. The maximum atomic E-state index is 14.3. The molecule has 0 aliphatic carbocycles. The highest BCUT2D eigenvalue weighted by Gasteiger charge is 2.37. The molecule has 1 saturated heterocycles. The summed E-state index contributed by atoms with van der Waals surface area (Å²) in [7, 11) is 0. The number of halogens is 1. The van der Waals surface area contributed by atoms with Crippen molar-refractivity contribution in [2.24, 2.45) is 0 Å². The number of rotatable bonds is 3. The van der Waals surface area contributed by atoms with Gasteiger partial charge in [-0.1, -0.05) is 6.08 Å². The second-order valence-corrected chi connectivity index (χ2v) is 6.19. The molecular formula is C15H14FNO4S. The first-order valence-corrected chi connectivity index (χ1v) is 7.99. The van der Waals surface area contributed by atoms with Gasteiger partial charge in [0.25, 0.3) is 0 Å². The first kappa shape index (κ1) is 14.9. The van der Waals surface area contributed by atoms with Crippen LogP contribution < -0.4 is 4.90 Å². The third kappa shape index (κ3) is 2.81. The molecule has 0 unspecified atom stereocenters. The Morgan fingerprint density at radius 2 is 2.27 bits per heavy atom. The molecule has 1 atom stereocenters. The number of carbonyl (C=O) groups excluding carboxylic acids is 1. The SMILES string of the molecule is O=C(O)[C@H]1CN(c2ccc(C3=CCSCC3)c(F)c2)C(=O)O1. The Kier molecular flexibility index (Phi) is 4.06. The van der Waals surface area contributed by atoms with Gasteiger partial charge in [-0.2, -0.15) is 11.8 Å². The van der Waals surface area contributed by atoms with Crippen LogP contribution in [-0.2, 0) is 9.53 Å². The summed E-state index contributed by atoms with van der Waals surface area (Å²) in [6, 6.07) is 4.50. The van der Waals surface area contributed by atoms with Gasteiger partial charge in [-0.15, -0.1) is 0 Å². The molecule has 116 valence electrons. The van der Waals surface area contributed by atoms with Gasteiger partial charge >= 0.3 is 12.1 Å². The summed E-state index contributed by atoms with van der Waals surface area (Å²) in [5.74, 6) is 0.209. The summed E-state index contributed by atoms with van der Waals surface area (Å²) in [4.78, 5) is 23.7. The quantitative estimate of drug-likeness (QED) is 0.926. The first-order chi connectivity index (χ1) is 10.6. The molecule has 1 aromatic rings. The predicted molar refractivity (Wildman–Crippen MR) is 81.6 cm³/mol. The maximum Gasteiger partial charge on any atom is 0.415 e. The molecule has 0 spiro atoms. The lowest BCUT2D eigenvalue weighted by molar-refractivity contribution is -0.144. The standard InChI is InChI=1S/C15H14FNO4S/c16-12-7-10(17-8-13(14(18)19)21-15(17)20)1-2-11(12)9-3-5-22-6-4-9/h1-3,7,13H,4-6,8H2,(H,18,19)/t13-/m1/s1. The van der Waals surface area contributed by atoms with E-state index in [0.29, 0.717) is 11.3 Å². The zero-order valence-corrected chi connectivity index (χ0v) is 12.4. The van der Waals surface area contributed by atoms with Crippen LogP contribution in [0.5, 0.6) is 0 Å². The molecule has 7 heteroatoms. The van der Waals surface area contributed by atoms with Crippen molar-refractivity contribution in [2.75, 3.05) is 23.0 Å². The Morgan fingerprint density at radius 3 is 2.86 bits per heavy atom. The van der Waals surface area contributed by atoms with Crippen LogP contribution in [0.2, 0.25) is 0 Å². The van der Waals surface area contributed by atoms with Crippen LogP contribution >= 0.6 is 11.8 Å².